The Morgan fingerprint density at radius 3 is 2.33 bits per heavy atom. The Hall–Kier alpha value is -2.04. The highest BCUT2D eigenvalue weighted by Crippen LogP contribution is 2.53. The molecule has 0 spiro atoms. The van der Waals surface area contributed by atoms with E-state index in [1.807, 2.05) is 0 Å². The second-order valence-corrected chi connectivity index (χ2v) is 9.96. The molecule has 2 unspecified atom stereocenters. The molecule has 2 aliphatic rings. The molecule has 1 saturated heterocycles. The van der Waals surface area contributed by atoms with Gasteiger partial charge in [0.05, 0.1) is 10.6 Å². The van der Waals surface area contributed by atoms with E-state index in [4.69, 9.17) is 23.2 Å². The van der Waals surface area contributed by atoms with Crippen LogP contribution in [0.15, 0.2) is 30.3 Å². The summed E-state index contributed by atoms with van der Waals surface area (Å²) < 4.78 is 99.5. The fraction of sp³-hybridized carbons (Fsp3) is 0.458. The standard InChI is InChI=1S/C24H20Cl2F7NO2/c25-14-9-17(20(27)18(26)10-14)22(24(31,32)33)7-8-34(21(22)36)15-5-3-12(16(11-15)23(28,29)30)4-6-19(35)13-1-2-13/h3,5,9-11,13,21,36H,1-2,4,6-8H2. The SMILES string of the molecule is O=C(CCc1ccc(N2CCC(c3cc(Cl)cc(Cl)c3F)(C(F)(F)F)C2O)cc1C(F)(F)F)C1CC1. The van der Waals surface area contributed by atoms with Gasteiger partial charge in [-0.15, -0.1) is 0 Å². The Bertz CT molecular complexity index is 1180. The number of nitrogens with zero attached hydrogens (tertiary/aromatic N) is 1. The third kappa shape index (κ3) is 4.79. The topological polar surface area (TPSA) is 40.5 Å². The molecule has 36 heavy (non-hydrogen) atoms. The van der Waals surface area contributed by atoms with E-state index in [0.29, 0.717) is 12.1 Å². The Morgan fingerprint density at radius 2 is 1.75 bits per heavy atom. The average molecular weight is 558 g/mol. The number of carbonyl (C=O) groups is 1. The van der Waals surface area contributed by atoms with Gasteiger partial charge >= 0.3 is 12.4 Å². The van der Waals surface area contributed by atoms with Crippen molar-refractivity contribution in [3.05, 3.63) is 62.9 Å². The maximum absolute atomic E-state index is 14.8. The second kappa shape index (κ2) is 9.36. The van der Waals surface area contributed by atoms with E-state index in [-0.39, 0.29) is 40.8 Å². The van der Waals surface area contributed by atoms with Crippen molar-refractivity contribution < 1.29 is 40.6 Å². The van der Waals surface area contributed by atoms with Gasteiger partial charge in [0.25, 0.3) is 0 Å². The molecule has 2 atom stereocenters. The number of halogens is 9. The van der Waals surface area contributed by atoms with Gasteiger partial charge in [-0.05, 0) is 55.5 Å². The molecule has 196 valence electrons. The summed E-state index contributed by atoms with van der Waals surface area (Å²) in [5.74, 6) is -1.67. The highest BCUT2D eigenvalue weighted by atomic mass is 35.5. The third-order valence-corrected chi connectivity index (χ3v) is 7.36. The molecular weight excluding hydrogens is 538 g/mol. The molecular formula is C24H20Cl2F7NO2. The van der Waals surface area contributed by atoms with Crippen LogP contribution < -0.4 is 4.90 Å². The fourth-order valence-electron chi connectivity index (χ4n) is 4.77. The molecule has 0 amide bonds. The third-order valence-electron chi connectivity index (χ3n) is 6.87. The van der Waals surface area contributed by atoms with Crippen LogP contribution in [-0.4, -0.2) is 29.8 Å². The molecule has 3 nitrogen and oxygen atoms in total. The first-order valence-corrected chi connectivity index (χ1v) is 11.8. The first-order chi connectivity index (χ1) is 16.7. The number of anilines is 1. The molecule has 4 rings (SSSR count). The van der Waals surface area contributed by atoms with Crippen LogP contribution in [0, 0.1) is 11.7 Å². The molecule has 2 fully saturated rings. The summed E-state index contributed by atoms with van der Waals surface area (Å²) in [7, 11) is 0. The lowest BCUT2D eigenvalue weighted by Crippen LogP contribution is -2.53. The van der Waals surface area contributed by atoms with Crippen molar-refractivity contribution in [2.24, 2.45) is 5.92 Å². The average Bonchev–Trinajstić information content (AvgIpc) is 3.56. The van der Waals surface area contributed by atoms with Gasteiger partial charge in [0.15, 0.2) is 0 Å². The van der Waals surface area contributed by atoms with Crippen LogP contribution in [0.4, 0.5) is 36.4 Å². The minimum absolute atomic E-state index is 0.0780. The first kappa shape index (κ1) is 27.0. The van der Waals surface area contributed by atoms with Gasteiger partial charge in [-0.3, -0.25) is 4.79 Å². The first-order valence-electron chi connectivity index (χ1n) is 11.1. The molecule has 1 heterocycles. The van der Waals surface area contributed by atoms with Gasteiger partial charge in [0.1, 0.15) is 23.2 Å². The molecule has 1 saturated carbocycles. The van der Waals surface area contributed by atoms with Gasteiger partial charge < -0.3 is 10.0 Å². The number of aliphatic hydroxyl groups is 1. The van der Waals surface area contributed by atoms with E-state index in [0.717, 1.165) is 35.9 Å². The van der Waals surface area contributed by atoms with Crippen LogP contribution >= 0.6 is 23.2 Å². The number of carbonyl (C=O) groups excluding carboxylic acids is 1. The summed E-state index contributed by atoms with van der Waals surface area (Å²) >= 11 is 11.5. The van der Waals surface area contributed by atoms with Gasteiger partial charge in [-0.2, -0.15) is 26.3 Å². The number of hydrogen-bond acceptors (Lipinski definition) is 3. The summed E-state index contributed by atoms with van der Waals surface area (Å²) in [6.45, 7) is -0.527. The van der Waals surface area contributed by atoms with Gasteiger partial charge in [0, 0.05) is 35.2 Å². The second-order valence-electron chi connectivity index (χ2n) is 9.12. The minimum atomic E-state index is -5.20. The predicted octanol–water partition coefficient (Wildman–Crippen LogP) is 7.09. The zero-order chi connectivity index (χ0) is 26.6. The monoisotopic (exact) mass is 557 g/mol. The Balaban J connectivity index is 1.72. The summed E-state index contributed by atoms with van der Waals surface area (Å²) in [5.41, 5.74) is -5.80. The number of aryl methyl sites for hydroxylation is 1. The van der Waals surface area contributed by atoms with Crippen molar-refractivity contribution in [2.75, 3.05) is 11.4 Å². The number of ketones is 1. The van der Waals surface area contributed by atoms with Crippen molar-refractivity contribution in [3.8, 4) is 0 Å². The molecule has 0 bridgehead atoms. The van der Waals surface area contributed by atoms with E-state index in [1.165, 1.54) is 0 Å². The van der Waals surface area contributed by atoms with Crippen LogP contribution in [0.5, 0.6) is 0 Å². The highest BCUT2D eigenvalue weighted by molar-refractivity contribution is 6.34. The van der Waals surface area contributed by atoms with Crippen LogP contribution in [0.25, 0.3) is 0 Å². The quantitative estimate of drug-likeness (QED) is 0.304. The Labute approximate surface area is 211 Å². The maximum atomic E-state index is 14.8. The molecule has 12 heteroatoms. The van der Waals surface area contributed by atoms with Gasteiger partial charge in [-0.25, -0.2) is 4.39 Å². The van der Waals surface area contributed by atoms with E-state index < -0.39 is 58.9 Å². The van der Waals surface area contributed by atoms with Crippen molar-refractivity contribution in [1.82, 2.24) is 0 Å². The zero-order valence-electron chi connectivity index (χ0n) is 18.5. The van der Waals surface area contributed by atoms with E-state index in [9.17, 15) is 40.6 Å². The summed E-state index contributed by atoms with van der Waals surface area (Å²) in [5, 5.41) is 9.90. The molecule has 1 aliphatic carbocycles. The lowest BCUT2D eigenvalue weighted by molar-refractivity contribution is -0.211. The molecule has 0 radical (unpaired) electrons. The highest BCUT2D eigenvalue weighted by Gasteiger charge is 2.66. The van der Waals surface area contributed by atoms with E-state index in [1.54, 1.807) is 0 Å². The number of alkyl halides is 6. The Kier molecular flexibility index (Phi) is 7.03. The molecule has 1 aliphatic heterocycles. The molecule has 0 aromatic heterocycles. The zero-order valence-corrected chi connectivity index (χ0v) is 20.0. The van der Waals surface area contributed by atoms with Crippen molar-refractivity contribution in [2.45, 2.75) is 56.1 Å². The number of benzene rings is 2. The summed E-state index contributed by atoms with van der Waals surface area (Å²) in [6, 6.07) is 4.52. The molecule has 2 aromatic rings. The number of aliphatic hydroxyl groups excluding tert-OH is 1. The van der Waals surface area contributed by atoms with Crippen LogP contribution in [-0.2, 0) is 22.8 Å². The lowest BCUT2D eigenvalue weighted by atomic mass is 9.77. The number of Topliss-reactive ketones (excluding diaryl/α,β-unsaturated/α-hetero) is 1. The largest absolute Gasteiger partial charge is 0.416 e. The number of rotatable bonds is 6. The smallest absolute Gasteiger partial charge is 0.372 e. The Morgan fingerprint density at radius 1 is 1.08 bits per heavy atom. The van der Waals surface area contributed by atoms with E-state index >= 15 is 0 Å². The number of hydrogen-bond donors (Lipinski definition) is 1. The van der Waals surface area contributed by atoms with Crippen LogP contribution in [0.1, 0.15) is 42.4 Å². The van der Waals surface area contributed by atoms with Crippen molar-refractivity contribution in [3.63, 3.8) is 0 Å². The minimum Gasteiger partial charge on any atom is -0.372 e. The van der Waals surface area contributed by atoms with Crippen LogP contribution in [0.2, 0.25) is 10.0 Å². The van der Waals surface area contributed by atoms with E-state index in [2.05, 4.69) is 0 Å². The maximum Gasteiger partial charge on any atom is 0.416 e. The fourth-order valence-corrected chi connectivity index (χ4v) is 5.27. The van der Waals surface area contributed by atoms with Gasteiger partial charge in [0.2, 0.25) is 0 Å². The normalized spacial score (nSPS) is 22.8. The predicted molar refractivity (Wildman–Crippen MR) is 120 cm³/mol. The van der Waals surface area contributed by atoms with Crippen molar-refractivity contribution in [1.29, 1.82) is 0 Å². The summed E-state index contributed by atoms with van der Waals surface area (Å²) in [6.07, 6.45) is -12.2. The van der Waals surface area contributed by atoms with Crippen molar-refractivity contribution >= 4 is 34.7 Å². The molecule has 2 aromatic carbocycles. The summed E-state index contributed by atoms with van der Waals surface area (Å²) in [4.78, 5) is 12.7. The van der Waals surface area contributed by atoms with Crippen LogP contribution in [0.3, 0.4) is 0 Å². The van der Waals surface area contributed by atoms with Gasteiger partial charge in [-0.1, -0.05) is 29.3 Å². The lowest BCUT2D eigenvalue weighted by Gasteiger charge is -2.37. The molecule has 1 N–H and O–H groups in total.